The van der Waals surface area contributed by atoms with Crippen LogP contribution in [0, 0.1) is 5.92 Å². The van der Waals surface area contributed by atoms with Crippen molar-refractivity contribution in [2.75, 3.05) is 54.6 Å². The van der Waals surface area contributed by atoms with Crippen LogP contribution in [0.25, 0.3) is 0 Å². The van der Waals surface area contributed by atoms with Crippen LogP contribution in [-0.2, 0) is 30.5 Å². The van der Waals surface area contributed by atoms with Gasteiger partial charge in [-0.2, -0.15) is 0 Å². The van der Waals surface area contributed by atoms with E-state index in [1.807, 2.05) is 4.90 Å². The molecule has 0 aromatic heterocycles. The zero-order valence-electron chi connectivity index (χ0n) is 21.9. The lowest BCUT2D eigenvalue weighted by Gasteiger charge is -2.20. The molecule has 0 bridgehead atoms. The molecule has 0 radical (unpaired) electrons. The molecule has 0 saturated carbocycles. The third kappa shape index (κ3) is 6.37. The van der Waals surface area contributed by atoms with Crippen LogP contribution in [0.2, 0.25) is 0 Å². The number of hydrogen-bond donors (Lipinski definition) is 1. The van der Waals surface area contributed by atoms with Crippen LogP contribution < -0.4 is 24.3 Å². The van der Waals surface area contributed by atoms with Crippen molar-refractivity contribution in [3.8, 4) is 23.0 Å². The summed E-state index contributed by atoms with van der Waals surface area (Å²) in [6.45, 7) is 3.12. The Morgan fingerprint density at radius 2 is 1.22 bits per heavy atom. The first kappa shape index (κ1) is 27.9. The predicted octanol–water partition coefficient (Wildman–Crippen LogP) is 3.85. The van der Waals surface area contributed by atoms with E-state index >= 15 is 0 Å². The minimum Gasteiger partial charge on any atom is -0.493 e. The maximum absolute atomic E-state index is 12.8. The number of hydrogen-bond acceptors (Lipinski definition) is 6. The average molecular weight is 519 g/mol. The molecule has 1 aliphatic carbocycles. The highest BCUT2D eigenvalue weighted by atomic mass is 35.5. The number of halogens is 1. The molecular formula is C28H39ClN2O5. The Labute approximate surface area is 220 Å². The number of fused-ring (bicyclic) bond motifs is 2. The first-order valence-electron chi connectivity index (χ1n) is 12.5. The highest BCUT2D eigenvalue weighted by Gasteiger charge is 2.24. The van der Waals surface area contributed by atoms with E-state index in [4.69, 9.17) is 18.9 Å². The summed E-state index contributed by atoms with van der Waals surface area (Å²) in [5.74, 6) is 3.94. The Balaban J connectivity index is 0.00000361. The van der Waals surface area contributed by atoms with Crippen molar-refractivity contribution in [1.82, 2.24) is 10.2 Å². The molecule has 1 heterocycles. The lowest BCUT2D eigenvalue weighted by atomic mass is 10.0. The van der Waals surface area contributed by atoms with Gasteiger partial charge in [-0.3, -0.25) is 4.79 Å². The number of nitrogens with one attached hydrogen (secondary N) is 1. The fraction of sp³-hybridized carbons (Fsp3) is 0.536. The SMILES string of the molecule is COc1cc2c(cc1OC)CCN(C(=O)CCNCCC1Cc3cc(OC)c(OC)cc3C1)CC2.Cl. The largest absolute Gasteiger partial charge is 0.493 e. The number of methoxy groups -OCH3 is 4. The van der Waals surface area contributed by atoms with Gasteiger partial charge < -0.3 is 29.2 Å². The lowest BCUT2D eigenvalue weighted by molar-refractivity contribution is -0.131. The molecular weight excluding hydrogens is 480 g/mol. The molecule has 1 N–H and O–H groups in total. The second-order valence-electron chi connectivity index (χ2n) is 9.40. The second kappa shape index (κ2) is 13.1. The molecule has 4 rings (SSSR count). The van der Waals surface area contributed by atoms with E-state index in [-0.39, 0.29) is 18.3 Å². The zero-order chi connectivity index (χ0) is 24.8. The topological polar surface area (TPSA) is 69.3 Å². The van der Waals surface area contributed by atoms with Gasteiger partial charge in [-0.15, -0.1) is 12.4 Å². The van der Waals surface area contributed by atoms with E-state index in [1.54, 1.807) is 28.4 Å². The summed E-state index contributed by atoms with van der Waals surface area (Å²) in [5.41, 5.74) is 5.20. The van der Waals surface area contributed by atoms with E-state index in [2.05, 4.69) is 29.6 Å². The van der Waals surface area contributed by atoms with Gasteiger partial charge in [-0.05, 0) is 91.1 Å². The number of nitrogens with zero attached hydrogens (tertiary/aromatic N) is 1. The van der Waals surface area contributed by atoms with E-state index in [1.165, 1.54) is 22.3 Å². The van der Waals surface area contributed by atoms with E-state index in [9.17, 15) is 4.79 Å². The Kier molecular flexibility index (Phi) is 10.1. The van der Waals surface area contributed by atoms with Crippen LogP contribution in [-0.4, -0.2) is 65.4 Å². The molecule has 0 spiro atoms. The van der Waals surface area contributed by atoms with Crippen LogP contribution in [0.5, 0.6) is 23.0 Å². The fourth-order valence-corrected chi connectivity index (χ4v) is 5.33. The maximum Gasteiger partial charge on any atom is 0.223 e. The van der Waals surface area contributed by atoms with Gasteiger partial charge >= 0.3 is 0 Å². The number of benzene rings is 2. The Morgan fingerprint density at radius 1 is 0.778 bits per heavy atom. The Hall–Kier alpha value is -2.64. The van der Waals surface area contributed by atoms with Gasteiger partial charge in [0, 0.05) is 26.1 Å². The summed E-state index contributed by atoms with van der Waals surface area (Å²) >= 11 is 0. The number of carbonyl (C=O) groups is 1. The number of carbonyl (C=O) groups excluding carboxylic acids is 1. The molecule has 2 aromatic rings. The molecule has 2 aliphatic rings. The molecule has 1 aliphatic heterocycles. The summed E-state index contributed by atoms with van der Waals surface area (Å²) in [5, 5.41) is 3.49. The molecule has 0 saturated heterocycles. The van der Waals surface area contributed by atoms with Crippen LogP contribution in [0.1, 0.15) is 35.1 Å². The Bertz CT molecular complexity index is 977. The van der Waals surface area contributed by atoms with Gasteiger partial charge in [-0.1, -0.05) is 0 Å². The van der Waals surface area contributed by atoms with Crippen molar-refractivity contribution in [3.63, 3.8) is 0 Å². The monoisotopic (exact) mass is 518 g/mol. The molecule has 0 unspecified atom stereocenters. The van der Waals surface area contributed by atoms with Crippen molar-refractivity contribution in [1.29, 1.82) is 0 Å². The highest BCUT2D eigenvalue weighted by molar-refractivity contribution is 5.85. The van der Waals surface area contributed by atoms with Crippen molar-refractivity contribution in [2.45, 2.75) is 38.5 Å². The van der Waals surface area contributed by atoms with Crippen LogP contribution in [0.3, 0.4) is 0 Å². The first-order chi connectivity index (χ1) is 17.1. The summed E-state index contributed by atoms with van der Waals surface area (Å²) in [7, 11) is 6.68. The first-order valence-corrected chi connectivity index (χ1v) is 12.5. The highest BCUT2D eigenvalue weighted by Crippen LogP contribution is 2.37. The van der Waals surface area contributed by atoms with Gasteiger partial charge in [-0.25, -0.2) is 0 Å². The number of rotatable bonds is 10. The summed E-state index contributed by atoms with van der Waals surface area (Å²) in [6.07, 6.45) is 5.44. The summed E-state index contributed by atoms with van der Waals surface area (Å²) < 4.78 is 21.8. The van der Waals surface area contributed by atoms with Crippen molar-refractivity contribution < 1.29 is 23.7 Å². The third-order valence-corrected chi connectivity index (χ3v) is 7.33. The molecule has 2 aromatic carbocycles. The van der Waals surface area contributed by atoms with Gasteiger partial charge in [0.1, 0.15) is 0 Å². The van der Waals surface area contributed by atoms with Gasteiger partial charge in [0.05, 0.1) is 28.4 Å². The van der Waals surface area contributed by atoms with Crippen molar-refractivity contribution in [2.24, 2.45) is 5.92 Å². The molecule has 0 fully saturated rings. The molecule has 7 nitrogen and oxygen atoms in total. The fourth-order valence-electron chi connectivity index (χ4n) is 5.33. The van der Waals surface area contributed by atoms with E-state index in [0.717, 1.165) is 74.7 Å². The lowest BCUT2D eigenvalue weighted by Crippen LogP contribution is -2.35. The summed E-state index contributed by atoms with van der Waals surface area (Å²) in [6, 6.07) is 8.34. The van der Waals surface area contributed by atoms with Crippen LogP contribution >= 0.6 is 12.4 Å². The molecule has 8 heteroatoms. The molecule has 198 valence electrons. The van der Waals surface area contributed by atoms with Gasteiger partial charge in [0.2, 0.25) is 5.91 Å². The summed E-state index contributed by atoms with van der Waals surface area (Å²) in [4.78, 5) is 14.8. The van der Waals surface area contributed by atoms with Crippen molar-refractivity contribution in [3.05, 3.63) is 46.5 Å². The minimum atomic E-state index is 0. The third-order valence-electron chi connectivity index (χ3n) is 7.33. The van der Waals surface area contributed by atoms with Crippen molar-refractivity contribution >= 4 is 18.3 Å². The second-order valence-corrected chi connectivity index (χ2v) is 9.40. The predicted molar refractivity (Wildman–Crippen MR) is 143 cm³/mol. The standard InChI is InChI=1S/C28H38N2O5.ClH/c1-32-24-15-20-7-11-30(12-8-21(20)16-25(24)33-2)28(31)6-10-29-9-5-19-13-22-17-26(34-3)27(35-4)18-23(22)14-19;/h15-19,29H,5-14H2,1-4H3;1H. The van der Waals surface area contributed by atoms with Gasteiger partial charge in [0.25, 0.3) is 0 Å². The molecule has 0 atom stereocenters. The number of amides is 1. The zero-order valence-corrected chi connectivity index (χ0v) is 22.7. The maximum atomic E-state index is 12.8. The molecule has 1 amide bonds. The van der Waals surface area contributed by atoms with E-state index < -0.39 is 0 Å². The Morgan fingerprint density at radius 3 is 1.67 bits per heavy atom. The van der Waals surface area contributed by atoms with Gasteiger partial charge in [0.15, 0.2) is 23.0 Å². The smallest absolute Gasteiger partial charge is 0.223 e. The molecule has 36 heavy (non-hydrogen) atoms. The normalized spacial score (nSPS) is 14.8. The number of ether oxygens (including phenoxy) is 4. The minimum absolute atomic E-state index is 0. The average Bonchev–Trinajstić information content (AvgIpc) is 3.16. The van der Waals surface area contributed by atoms with Crippen LogP contribution in [0.15, 0.2) is 24.3 Å². The van der Waals surface area contributed by atoms with E-state index in [0.29, 0.717) is 18.9 Å². The quantitative estimate of drug-likeness (QED) is 0.482. The van der Waals surface area contributed by atoms with Crippen LogP contribution in [0.4, 0.5) is 0 Å².